The van der Waals surface area contributed by atoms with E-state index < -0.39 is 23.0 Å². The molecule has 208 valence electrons. The molecule has 5 nitrogen and oxygen atoms in total. The van der Waals surface area contributed by atoms with Gasteiger partial charge in [0.25, 0.3) is 5.91 Å². The fourth-order valence-corrected chi connectivity index (χ4v) is 6.21. The van der Waals surface area contributed by atoms with Crippen molar-refractivity contribution in [2.75, 3.05) is 30.4 Å². The predicted molar refractivity (Wildman–Crippen MR) is 146 cm³/mol. The Morgan fingerprint density at radius 3 is 2.39 bits per heavy atom. The van der Waals surface area contributed by atoms with Crippen LogP contribution in [0.2, 0.25) is 10.0 Å². The standard InChI is InChI=1S/C28H34Cl2F3N3O2/c1-16-12-18(28(31,32)33)13-22-24(16)34-27(4,35(22)5)15-20-21(29)7-6-19(23(20)30)25(37)36-10-8-17(9-11-36)14-26(2,3)38/h6-7,12-13,17,34,38H,8-11,14-15H2,1-5H3. The Labute approximate surface area is 231 Å². The van der Waals surface area contributed by atoms with E-state index in [1.54, 1.807) is 49.8 Å². The number of hydrogen-bond donors (Lipinski definition) is 2. The summed E-state index contributed by atoms with van der Waals surface area (Å²) in [6.45, 7) is 8.26. The quantitative estimate of drug-likeness (QED) is 0.400. The number of likely N-dealkylation sites (N-methyl/N-ethyl adjacent to an activating group) is 1. The van der Waals surface area contributed by atoms with Crippen LogP contribution in [-0.2, 0) is 12.6 Å². The number of aryl methyl sites for hydroxylation is 1. The molecule has 1 saturated heterocycles. The van der Waals surface area contributed by atoms with Crippen molar-refractivity contribution in [3.8, 4) is 0 Å². The lowest BCUT2D eigenvalue weighted by Gasteiger charge is -2.36. The first kappa shape index (κ1) is 28.8. The molecule has 1 fully saturated rings. The van der Waals surface area contributed by atoms with Gasteiger partial charge in [-0.25, -0.2) is 0 Å². The van der Waals surface area contributed by atoms with Gasteiger partial charge in [0.1, 0.15) is 5.66 Å². The van der Waals surface area contributed by atoms with Gasteiger partial charge in [0.15, 0.2) is 0 Å². The number of amides is 1. The third-order valence-corrected chi connectivity index (χ3v) is 8.55. The van der Waals surface area contributed by atoms with Gasteiger partial charge in [0.05, 0.1) is 33.1 Å². The minimum Gasteiger partial charge on any atom is -0.390 e. The molecule has 10 heteroatoms. The zero-order valence-corrected chi connectivity index (χ0v) is 23.8. The number of halogens is 5. The Hall–Kier alpha value is -2.16. The van der Waals surface area contributed by atoms with Crippen LogP contribution < -0.4 is 10.2 Å². The average molecular weight is 572 g/mol. The third kappa shape index (κ3) is 5.73. The summed E-state index contributed by atoms with van der Waals surface area (Å²) in [6.07, 6.45) is -1.91. The van der Waals surface area contributed by atoms with Gasteiger partial charge in [0.2, 0.25) is 0 Å². The monoisotopic (exact) mass is 571 g/mol. The van der Waals surface area contributed by atoms with Crippen molar-refractivity contribution in [3.63, 3.8) is 0 Å². The largest absolute Gasteiger partial charge is 0.416 e. The number of rotatable bonds is 5. The summed E-state index contributed by atoms with van der Waals surface area (Å²) in [6, 6.07) is 5.55. The highest BCUT2D eigenvalue weighted by molar-refractivity contribution is 6.38. The second-order valence-electron chi connectivity index (χ2n) is 11.5. The first-order valence-corrected chi connectivity index (χ1v) is 13.5. The van der Waals surface area contributed by atoms with Crippen molar-refractivity contribution in [1.29, 1.82) is 0 Å². The smallest absolute Gasteiger partial charge is 0.390 e. The molecule has 2 aliphatic heterocycles. The molecule has 0 aliphatic carbocycles. The van der Waals surface area contributed by atoms with Crippen LogP contribution >= 0.6 is 23.2 Å². The highest BCUT2D eigenvalue weighted by atomic mass is 35.5. The fourth-order valence-electron chi connectivity index (χ4n) is 5.63. The number of hydrogen-bond acceptors (Lipinski definition) is 4. The van der Waals surface area contributed by atoms with Crippen molar-refractivity contribution in [2.45, 2.75) is 70.8 Å². The number of alkyl halides is 3. The normalized spacial score (nSPS) is 20.5. The van der Waals surface area contributed by atoms with E-state index >= 15 is 0 Å². The molecule has 4 rings (SSSR count). The summed E-state index contributed by atoms with van der Waals surface area (Å²) in [5, 5.41) is 14.1. The lowest BCUT2D eigenvalue weighted by molar-refractivity contribution is -0.137. The zero-order valence-electron chi connectivity index (χ0n) is 22.3. The van der Waals surface area contributed by atoms with E-state index in [9.17, 15) is 23.1 Å². The zero-order chi connectivity index (χ0) is 28.2. The topological polar surface area (TPSA) is 55.8 Å². The van der Waals surface area contributed by atoms with E-state index in [2.05, 4.69) is 5.32 Å². The second kappa shape index (κ2) is 10.1. The van der Waals surface area contributed by atoms with Crippen molar-refractivity contribution in [3.05, 3.63) is 56.6 Å². The highest BCUT2D eigenvalue weighted by Gasteiger charge is 2.42. The number of fused-ring (bicyclic) bond motifs is 1. The summed E-state index contributed by atoms with van der Waals surface area (Å²) in [4.78, 5) is 17.0. The van der Waals surface area contributed by atoms with Gasteiger partial charge in [-0.2, -0.15) is 13.2 Å². The SMILES string of the molecule is Cc1cc(C(F)(F)F)cc2c1NC(C)(Cc1c(Cl)ccc(C(=O)N3CCC(CC(C)(C)O)CC3)c1Cl)N2C. The number of piperidine rings is 1. The first-order chi connectivity index (χ1) is 17.5. The Balaban J connectivity index is 1.56. The van der Waals surface area contributed by atoms with Crippen molar-refractivity contribution in [2.24, 2.45) is 5.92 Å². The number of nitrogens with zero attached hydrogens (tertiary/aromatic N) is 2. The van der Waals surface area contributed by atoms with E-state index in [0.29, 0.717) is 58.5 Å². The van der Waals surface area contributed by atoms with Crippen LogP contribution in [-0.4, -0.2) is 47.3 Å². The van der Waals surface area contributed by atoms with Crippen LogP contribution in [0.25, 0.3) is 0 Å². The second-order valence-corrected chi connectivity index (χ2v) is 12.2. The molecular formula is C28H34Cl2F3N3O2. The van der Waals surface area contributed by atoms with Crippen molar-refractivity contribution in [1.82, 2.24) is 4.90 Å². The Kier molecular flexibility index (Phi) is 7.67. The van der Waals surface area contributed by atoms with Gasteiger partial charge in [0, 0.05) is 31.6 Å². The average Bonchev–Trinajstić information content (AvgIpc) is 3.06. The molecule has 38 heavy (non-hydrogen) atoms. The van der Waals surface area contributed by atoms with Crippen LogP contribution in [0.4, 0.5) is 24.5 Å². The molecule has 2 heterocycles. The summed E-state index contributed by atoms with van der Waals surface area (Å²) in [5.74, 6) is 0.170. The van der Waals surface area contributed by atoms with E-state index in [1.807, 2.05) is 6.92 Å². The van der Waals surface area contributed by atoms with Crippen LogP contribution in [0.15, 0.2) is 24.3 Å². The van der Waals surface area contributed by atoms with E-state index in [1.165, 1.54) is 0 Å². The number of nitrogens with one attached hydrogen (secondary N) is 1. The molecule has 0 saturated carbocycles. The highest BCUT2D eigenvalue weighted by Crippen LogP contribution is 2.46. The van der Waals surface area contributed by atoms with E-state index in [-0.39, 0.29) is 17.4 Å². The number of carbonyl (C=O) groups is 1. The van der Waals surface area contributed by atoms with E-state index in [0.717, 1.165) is 25.0 Å². The number of benzene rings is 2. The van der Waals surface area contributed by atoms with Crippen molar-refractivity contribution < 1.29 is 23.1 Å². The molecule has 2 aliphatic rings. The molecule has 1 atom stereocenters. The Morgan fingerprint density at radius 2 is 1.82 bits per heavy atom. The lowest BCUT2D eigenvalue weighted by Crippen LogP contribution is -2.48. The summed E-state index contributed by atoms with van der Waals surface area (Å²) in [5.41, 5.74) is 0.173. The first-order valence-electron chi connectivity index (χ1n) is 12.7. The number of likely N-dealkylation sites (tertiary alicyclic amines) is 1. The third-order valence-electron chi connectivity index (χ3n) is 7.77. The maximum atomic E-state index is 13.5. The van der Waals surface area contributed by atoms with Crippen LogP contribution in [0.3, 0.4) is 0 Å². The molecule has 2 N–H and O–H groups in total. The molecule has 0 spiro atoms. The molecule has 0 aromatic heterocycles. The molecule has 0 bridgehead atoms. The van der Waals surface area contributed by atoms with Crippen LogP contribution in [0, 0.1) is 12.8 Å². The molecule has 1 unspecified atom stereocenters. The molecule has 1 amide bonds. The molecular weight excluding hydrogens is 538 g/mol. The van der Waals surface area contributed by atoms with Gasteiger partial charge < -0.3 is 20.2 Å². The van der Waals surface area contributed by atoms with Gasteiger partial charge >= 0.3 is 6.18 Å². The minimum absolute atomic E-state index is 0.179. The van der Waals surface area contributed by atoms with Gasteiger partial charge in [-0.05, 0) is 88.3 Å². The summed E-state index contributed by atoms with van der Waals surface area (Å²) < 4.78 is 40.4. The summed E-state index contributed by atoms with van der Waals surface area (Å²) in [7, 11) is 1.73. The maximum Gasteiger partial charge on any atom is 0.416 e. The van der Waals surface area contributed by atoms with E-state index in [4.69, 9.17) is 23.2 Å². The lowest BCUT2D eigenvalue weighted by atomic mass is 9.86. The predicted octanol–water partition coefficient (Wildman–Crippen LogP) is 7.15. The molecule has 0 radical (unpaired) electrons. The minimum atomic E-state index is -4.45. The summed E-state index contributed by atoms with van der Waals surface area (Å²) >= 11 is 13.4. The van der Waals surface area contributed by atoms with Crippen LogP contribution in [0.5, 0.6) is 0 Å². The Morgan fingerprint density at radius 1 is 1.18 bits per heavy atom. The number of anilines is 2. The fraction of sp³-hybridized carbons (Fsp3) is 0.536. The molecule has 2 aromatic rings. The Bertz CT molecular complexity index is 1240. The van der Waals surface area contributed by atoms with Crippen LogP contribution in [0.1, 0.15) is 67.1 Å². The molecule has 2 aromatic carbocycles. The number of aliphatic hydroxyl groups is 1. The van der Waals surface area contributed by atoms with Gasteiger partial charge in [-0.1, -0.05) is 23.2 Å². The van der Waals surface area contributed by atoms with Gasteiger partial charge in [-0.3, -0.25) is 4.79 Å². The maximum absolute atomic E-state index is 13.5. The number of carbonyl (C=O) groups excluding carboxylic acids is 1. The van der Waals surface area contributed by atoms with Crippen molar-refractivity contribution >= 4 is 40.5 Å². The van der Waals surface area contributed by atoms with Gasteiger partial charge in [-0.15, -0.1) is 0 Å².